The normalized spacial score (nSPS) is 11.0. The molecule has 3 aromatic carbocycles. The van der Waals surface area contributed by atoms with E-state index >= 15 is 0 Å². The molecule has 6 nitrogen and oxygen atoms in total. The van der Waals surface area contributed by atoms with Gasteiger partial charge in [0.2, 0.25) is 5.30 Å². The molecule has 0 saturated heterocycles. The molecule has 7 heteroatoms. The first-order valence-electron chi connectivity index (χ1n) is 10.3. The molecule has 33 heavy (non-hydrogen) atoms. The van der Waals surface area contributed by atoms with Gasteiger partial charge in [0.05, 0.1) is 26.9 Å². The van der Waals surface area contributed by atoms with Crippen molar-refractivity contribution in [3.8, 4) is 17.2 Å². The van der Waals surface area contributed by atoms with Gasteiger partial charge in [-0.2, -0.15) is 0 Å². The van der Waals surface area contributed by atoms with E-state index in [0.717, 1.165) is 16.7 Å². The largest absolute Gasteiger partial charge is 0.496 e. The van der Waals surface area contributed by atoms with Crippen molar-refractivity contribution in [2.45, 2.75) is 20.8 Å². The van der Waals surface area contributed by atoms with Crippen molar-refractivity contribution < 1.29 is 28.4 Å². The molecule has 1 unspecified atom stereocenters. The second kappa shape index (κ2) is 9.97. The summed E-state index contributed by atoms with van der Waals surface area (Å²) in [6.45, 7) is 5.70. The minimum absolute atomic E-state index is 0.0341. The molecular weight excluding hydrogens is 439 g/mol. The van der Waals surface area contributed by atoms with Gasteiger partial charge in [-0.05, 0) is 44.0 Å². The van der Waals surface area contributed by atoms with Gasteiger partial charge in [0.15, 0.2) is 11.3 Å². The Labute approximate surface area is 194 Å². The molecule has 1 atom stereocenters. The van der Waals surface area contributed by atoms with Crippen molar-refractivity contribution in [3.05, 3.63) is 81.9 Å². The number of benzene rings is 3. The number of methoxy groups -OCH3 is 3. The zero-order chi connectivity index (χ0) is 24.3. The van der Waals surface area contributed by atoms with Gasteiger partial charge in [0.1, 0.15) is 17.2 Å². The van der Waals surface area contributed by atoms with Crippen molar-refractivity contribution in [3.63, 3.8) is 0 Å². The average Bonchev–Trinajstić information content (AvgIpc) is 2.81. The van der Waals surface area contributed by atoms with Gasteiger partial charge in [0, 0.05) is 17.7 Å². The van der Waals surface area contributed by atoms with Gasteiger partial charge in [0.25, 0.3) is 0 Å². The zero-order valence-electron chi connectivity index (χ0n) is 19.5. The molecule has 0 bridgehead atoms. The molecule has 0 saturated carbocycles. The SMILES string of the molecule is COc1cc(OC)c(C(=O)[P+](=O)c2ccccc2C(=O)c2c(C)cc(C)cc2C)c(OC)c1. The molecule has 0 aromatic heterocycles. The predicted molar refractivity (Wildman–Crippen MR) is 128 cm³/mol. The lowest BCUT2D eigenvalue weighted by Gasteiger charge is -2.12. The molecule has 0 aliphatic heterocycles. The number of ether oxygens (including phenoxy) is 3. The Balaban J connectivity index is 2.11. The highest BCUT2D eigenvalue weighted by molar-refractivity contribution is 7.71. The van der Waals surface area contributed by atoms with Gasteiger partial charge in [-0.3, -0.25) is 4.79 Å². The van der Waals surface area contributed by atoms with E-state index in [9.17, 15) is 14.2 Å². The molecule has 0 radical (unpaired) electrons. The molecule has 170 valence electrons. The molecule has 0 heterocycles. The van der Waals surface area contributed by atoms with E-state index in [0.29, 0.717) is 11.3 Å². The summed E-state index contributed by atoms with van der Waals surface area (Å²) in [5.41, 5.74) is 2.82. The first kappa shape index (κ1) is 24.1. The second-order valence-corrected chi connectivity index (χ2v) is 9.10. The Hall–Kier alpha value is -3.50. The van der Waals surface area contributed by atoms with Gasteiger partial charge in [-0.15, -0.1) is 0 Å². The van der Waals surface area contributed by atoms with Crippen LogP contribution in [0.2, 0.25) is 0 Å². The maximum absolute atomic E-state index is 13.5. The highest BCUT2D eigenvalue weighted by Gasteiger charge is 2.41. The highest BCUT2D eigenvalue weighted by atomic mass is 31.1. The minimum Gasteiger partial charge on any atom is -0.496 e. The maximum Gasteiger partial charge on any atom is 0.459 e. The van der Waals surface area contributed by atoms with Gasteiger partial charge in [-0.1, -0.05) is 34.4 Å². The second-order valence-electron chi connectivity index (χ2n) is 7.63. The number of carbonyl (C=O) groups excluding carboxylic acids is 2. The topological polar surface area (TPSA) is 78.9 Å². The predicted octanol–water partition coefficient (Wildman–Crippen LogP) is 5.16. The number of carbonyl (C=O) groups is 2. The van der Waals surface area contributed by atoms with Crippen molar-refractivity contribution >= 4 is 24.4 Å². The summed E-state index contributed by atoms with van der Waals surface area (Å²) in [5, 5.41) is 0.168. The molecule has 3 aromatic rings. The Morgan fingerprint density at radius 2 is 1.30 bits per heavy atom. The van der Waals surface area contributed by atoms with E-state index in [1.165, 1.54) is 33.5 Å². The van der Waals surface area contributed by atoms with Crippen LogP contribution in [-0.4, -0.2) is 32.6 Å². The number of ketones is 1. The van der Waals surface area contributed by atoms with Crippen molar-refractivity contribution in [2.75, 3.05) is 21.3 Å². The summed E-state index contributed by atoms with van der Waals surface area (Å²) >= 11 is 0. The summed E-state index contributed by atoms with van der Waals surface area (Å²) in [4.78, 5) is 26.9. The molecule has 0 N–H and O–H groups in total. The van der Waals surface area contributed by atoms with Crippen LogP contribution in [0.15, 0.2) is 48.5 Å². The van der Waals surface area contributed by atoms with Crippen LogP contribution in [0, 0.1) is 20.8 Å². The summed E-state index contributed by atoms with van der Waals surface area (Å²) in [6, 6.07) is 13.4. The molecular formula is C26H26O6P+. The Morgan fingerprint density at radius 3 is 1.82 bits per heavy atom. The van der Waals surface area contributed by atoms with Crippen molar-refractivity contribution in [1.29, 1.82) is 0 Å². The van der Waals surface area contributed by atoms with E-state index in [-0.39, 0.29) is 33.7 Å². The third kappa shape index (κ3) is 4.67. The van der Waals surface area contributed by atoms with E-state index in [2.05, 4.69) is 0 Å². The summed E-state index contributed by atoms with van der Waals surface area (Å²) in [5.74, 6) is 0.504. The van der Waals surface area contributed by atoms with E-state index in [1.807, 2.05) is 32.9 Å². The Kier molecular flexibility index (Phi) is 7.29. The fraction of sp³-hybridized carbons (Fsp3) is 0.231. The first-order valence-corrected chi connectivity index (χ1v) is 11.5. The van der Waals surface area contributed by atoms with Crippen LogP contribution in [0.1, 0.15) is 43.0 Å². The molecule has 3 rings (SSSR count). The number of rotatable bonds is 8. The van der Waals surface area contributed by atoms with Crippen LogP contribution in [0.4, 0.5) is 0 Å². The van der Waals surface area contributed by atoms with E-state index < -0.39 is 13.3 Å². The molecule has 0 amide bonds. The van der Waals surface area contributed by atoms with Gasteiger partial charge < -0.3 is 14.2 Å². The minimum atomic E-state index is -2.65. The van der Waals surface area contributed by atoms with Crippen LogP contribution < -0.4 is 19.5 Å². The lowest BCUT2D eigenvalue weighted by atomic mass is 9.93. The highest BCUT2D eigenvalue weighted by Crippen LogP contribution is 2.40. The van der Waals surface area contributed by atoms with Crippen LogP contribution >= 0.6 is 7.80 Å². The van der Waals surface area contributed by atoms with Crippen LogP contribution in [0.3, 0.4) is 0 Å². The molecule has 0 spiro atoms. The lowest BCUT2D eigenvalue weighted by Crippen LogP contribution is -2.18. The molecule has 0 aliphatic rings. The third-order valence-electron chi connectivity index (χ3n) is 5.38. The summed E-state index contributed by atoms with van der Waals surface area (Å²) in [6.07, 6.45) is 0. The van der Waals surface area contributed by atoms with E-state index in [1.54, 1.807) is 24.3 Å². The lowest BCUT2D eigenvalue weighted by molar-refractivity contribution is 0.103. The Bertz CT molecular complexity index is 1210. The van der Waals surface area contributed by atoms with Crippen LogP contribution in [0.25, 0.3) is 0 Å². The van der Waals surface area contributed by atoms with Crippen molar-refractivity contribution in [2.24, 2.45) is 0 Å². The monoisotopic (exact) mass is 465 g/mol. The van der Waals surface area contributed by atoms with E-state index in [4.69, 9.17) is 14.2 Å². The average molecular weight is 465 g/mol. The Morgan fingerprint density at radius 1 is 0.758 bits per heavy atom. The summed E-state index contributed by atoms with van der Waals surface area (Å²) in [7, 11) is 1.63. The number of hydrogen-bond donors (Lipinski definition) is 0. The fourth-order valence-corrected chi connectivity index (χ4v) is 5.20. The smallest absolute Gasteiger partial charge is 0.459 e. The van der Waals surface area contributed by atoms with Crippen molar-refractivity contribution in [1.82, 2.24) is 0 Å². The third-order valence-corrected chi connectivity index (χ3v) is 6.81. The first-order chi connectivity index (χ1) is 15.7. The number of hydrogen-bond acceptors (Lipinski definition) is 6. The van der Waals surface area contributed by atoms with Crippen LogP contribution in [0.5, 0.6) is 17.2 Å². The quantitative estimate of drug-likeness (QED) is 0.338. The van der Waals surface area contributed by atoms with Crippen LogP contribution in [-0.2, 0) is 4.57 Å². The zero-order valence-corrected chi connectivity index (χ0v) is 20.4. The summed E-state index contributed by atoms with van der Waals surface area (Å²) < 4.78 is 29.4. The number of aryl methyl sites for hydroxylation is 3. The maximum atomic E-state index is 13.5. The molecule has 0 aliphatic carbocycles. The molecule has 0 fully saturated rings. The standard InChI is InChI=1S/C26H26O6P/c1-15-11-16(2)23(17(3)12-15)25(27)19-9-7-8-10-22(19)33(29)26(28)24-20(31-5)13-18(30-4)14-21(24)32-6/h7-14H,1-6H3/q+1. The fourth-order valence-electron chi connectivity index (χ4n) is 3.94. The van der Waals surface area contributed by atoms with Gasteiger partial charge >= 0.3 is 13.3 Å². The van der Waals surface area contributed by atoms with Gasteiger partial charge in [-0.25, -0.2) is 4.79 Å².